The number of benzene rings is 1. The van der Waals surface area contributed by atoms with Gasteiger partial charge in [-0.15, -0.1) is 0 Å². The summed E-state index contributed by atoms with van der Waals surface area (Å²) >= 11 is 5.98. The fraction of sp³-hybridized carbons (Fsp3) is 0.375. The van der Waals surface area contributed by atoms with Crippen molar-refractivity contribution in [2.24, 2.45) is 0 Å². The van der Waals surface area contributed by atoms with Gasteiger partial charge in [0.05, 0.1) is 5.56 Å². The van der Waals surface area contributed by atoms with Gasteiger partial charge in [0.2, 0.25) is 0 Å². The standard InChI is InChI=1S/C16H19ClN2O2/c1-3-7-13-14(17)18-16(21)19(15(13)20)11(2)10-12-8-5-4-6-9-12/h4-6,8-9,11H,3,7,10H2,1-2H3,(H,18,21). The molecule has 21 heavy (non-hydrogen) atoms. The molecule has 1 aromatic carbocycles. The number of H-pyrrole nitrogens is 1. The first kappa shape index (κ1) is 15.6. The van der Waals surface area contributed by atoms with Crippen molar-refractivity contribution in [3.05, 3.63) is 67.4 Å². The number of halogens is 1. The lowest BCUT2D eigenvalue weighted by molar-refractivity contribution is 0.496. The zero-order valence-corrected chi connectivity index (χ0v) is 13.0. The van der Waals surface area contributed by atoms with E-state index < -0.39 is 5.69 Å². The molecule has 1 aromatic heterocycles. The van der Waals surface area contributed by atoms with Crippen molar-refractivity contribution >= 4 is 11.6 Å². The molecule has 0 saturated carbocycles. The van der Waals surface area contributed by atoms with E-state index in [1.807, 2.05) is 44.2 Å². The van der Waals surface area contributed by atoms with Gasteiger partial charge in [0.25, 0.3) is 5.56 Å². The quantitative estimate of drug-likeness (QED) is 0.864. The van der Waals surface area contributed by atoms with Crippen LogP contribution in [0.2, 0.25) is 5.15 Å². The minimum Gasteiger partial charge on any atom is -0.297 e. The molecule has 0 aliphatic rings. The minimum atomic E-state index is -0.451. The smallest absolute Gasteiger partial charge is 0.297 e. The van der Waals surface area contributed by atoms with E-state index in [0.717, 1.165) is 12.0 Å². The maximum absolute atomic E-state index is 12.5. The van der Waals surface area contributed by atoms with E-state index in [1.165, 1.54) is 4.57 Å². The summed E-state index contributed by atoms with van der Waals surface area (Å²) in [6, 6.07) is 9.57. The molecule has 5 heteroatoms. The van der Waals surface area contributed by atoms with Crippen LogP contribution in [0, 0.1) is 0 Å². The first-order valence-electron chi connectivity index (χ1n) is 7.11. The Morgan fingerprint density at radius 1 is 1.24 bits per heavy atom. The third-order valence-electron chi connectivity index (χ3n) is 3.49. The van der Waals surface area contributed by atoms with E-state index >= 15 is 0 Å². The summed E-state index contributed by atoms with van der Waals surface area (Å²) in [6.45, 7) is 3.84. The maximum atomic E-state index is 12.5. The molecule has 2 aromatic rings. The lowest BCUT2D eigenvalue weighted by Gasteiger charge is -2.15. The highest BCUT2D eigenvalue weighted by molar-refractivity contribution is 6.30. The van der Waals surface area contributed by atoms with Crippen molar-refractivity contribution in [1.82, 2.24) is 9.55 Å². The molecule has 4 nitrogen and oxygen atoms in total. The molecule has 0 spiro atoms. The Morgan fingerprint density at radius 3 is 2.52 bits per heavy atom. The lowest BCUT2D eigenvalue weighted by Crippen LogP contribution is -2.40. The van der Waals surface area contributed by atoms with Crippen LogP contribution in [0.25, 0.3) is 0 Å². The van der Waals surface area contributed by atoms with Crippen molar-refractivity contribution in [1.29, 1.82) is 0 Å². The Kier molecular flexibility index (Phi) is 5.02. The number of nitrogens with zero attached hydrogens (tertiary/aromatic N) is 1. The van der Waals surface area contributed by atoms with E-state index in [0.29, 0.717) is 18.4 Å². The van der Waals surface area contributed by atoms with E-state index in [4.69, 9.17) is 11.6 Å². The molecule has 0 saturated heterocycles. The van der Waals surface area contributed by atoms with Gasteiger partial charge in [-0.05, 0) is 25.3 Å². The monoisotopic (exact) mass is 306 g/mol. The summed E-state index contributed by atoms with van der Waals surface area (Å²) in [6.07, 6.45) is 1.98. The average molecular weight is 307 g/mol. The van der Waals surface area contributed by atoms with E-state index in [-0.39, 0.29) is 16.8 Å². The van der Waals surface area contributed by atoms with Crippen molar-refractivity contribution < 1.29 is 0 Å². The van der Waals surface area contributed by atoms with Crippen LogP contribution in [-0.4, -0.2) is 9.55 Å². The van der Waals surface area contributed by atoms with Crippen molar-refractivity contribution in [3.8, 4) is 0 Å². The van der Waals surface area contributed by atoms with Crippen molar-refractivity contribution in [2.45, 2.75) is 39.2 Å². The normalized spacial score (nSPS) is 12.3. The second kappa shape index (κ2) is 6.76. The molecule has 112 valence electrons. The molecular weight excluding hydrogens is 288 g/mol. The Labute approximate surface area is 128 Å². The average Bonchev–Trinajstić information content (AvgIpc) is 2.44. The zero-order chi connectivity index (χ0) is 15.4. The SMILES string of the molecule is CCCc1c(Cl)[nH]c(=O)n(C(C)Cc2ccccc2)c1=O. The van der Waals surface area contributed by atoms with E-state index in [1.54, 1.807) is 0 Å². The Hall–Kier alpha value is -1.81. The molecule has 0 amide bonds. The van der Waals surface area contributed by atoms with Gasteiger partial charge in [0, 0.05) is 6.04 Å². The molecule has 0 aliphatic carbocycles. The molecule has 1 N–H and O–H groups in total. The van der Waals surface area contributed by atoms with Crippen LogP contribution in [-0.2, 0) is 12.8 Å². The zero-order valence-electron chi connectivity index (χ0n) is 12.2. The number of rotatable bonds is 5. The molecular formula is C16H19ClN2O2. The van der Waals surface area contributed by atoms with Gasteiger partial charge in [0.1, 0.15) is 5.15 Å². The summed E-state index contributed by atoms with van der Waals surface area (Å²) in [5, 5.41) is 0.162. The summed E-state index contributed by atoms with van der Waals surface area (Å²) in [7, 11) is 0. The largest absolute Gasteiger partial charge is 0.329 e. The van der Waals surface area contributed by atoms with Crippen LogP contribution in [0.4, 0.5) is 0 Å². The third kappa shape index (κ3) is 3.45. The van der Waals surface area contributed by atoms with Gasteiger partial charge in [-0.25, -0.2) is 4.79 Å². The molecule has 0 radical (unpaired) electrons. The molecule has 2 rings (SSSR count). The Morgan fingerprint density at radius 2 is 1.90 bits per heavy atom. The van der Waals surface area contributed by atoms with Gasteiger partial charge in [0.15, 0.2) is 0 Å². The molecule has 1 unspecified atom stereocenters. The molecule has 0 fully saturated rings. The number of aromatic nitrogens is 2. The third-order valence-corrected chi connectivity index (χ3v) is 3.81. The van der Waals surface area contributed by atoms with Gasteiger partial charge < -0.3 is 0 Å². The second-order valence-corrected chi connectivity index (χ2v) is 5.56. The van der Waals surface area contributed by atoms with Crippen LogP contribution in [0.3, 0.4) is 0 Å². The Bertz CT molecular complexity index is 719. The second-order valence-electron chi connectivity index (χ2n) is 5.19. The van der Waals surface area contributed by atoms with Crippen molar-refractivity contribution in [2.75, 3.05) is 0 Å². The first-order chi connectivity index (χ1) is 10.0. The summed E-state index contributed by atoms with van der Waals surface area (Å²) < 4.78 is 1.27. The Balaban J connectivity index is 2.41. The van der Waals surface area contributed by atoms with Gasteiger partial charge in [-0.3, -0.25) is 14.3 Å². The minimum absolute atomic E-state index is 0.162. The van der Waals surface area contributed by atoms with Crippen LogP contribution in [0.1, 0.15) is 37.4 Å². The summed E-state index contributed by atoms with van der Waals surface area (Å²) in [5.41, 5.74) is 0.837. The van der Waals surface area contributed by atoms with Gasteiger partial charge in [-0.2, -0.15) is 0 Å². The summed E-state index contributed by atoms with van der Waals surface area (Å²) in [5.74, 6) is 0. The predicted molar refractivity (Wildman–Crippen MR) is 85.2 cm³/mol. The lowest BCUT2D eigenvalue weighted by atomic mass is 10.1. The highest BCUT2D eigenvalue weighted by atomic mass is 35.5. The number of aromatic amines is 1. The molecule has 1 atom stereocenters. The van der Waals surface area contributed by atoms with Crippen LogP contribution in [0.5, 0.6) is 0 Å². The first-order valence-corrected chi connectivity index (χ1v) is 7.49. The topological polar surface area (TPSA) is 54.9 Å². The van der Waals surface area contributed by atoms with E-state index in [2.05, 4.69) is 4.98 Å². The van der Waals surface area contributed by atoms with E-state index in [9.17, 15) is 9.59 Å². The molecule has 1 heterocycles. The van der Waals surface area contributed by atoms with Crippen LogP contribution >= 0.6 is 11.6 Å². The van der Waals surface area contributed by atoms with Crippen molar-refractivity contribution in [3.63, 3.8) is 0 Å². The number of nitrogens with one attached hydrogen (secondary N) is 1. The fourth-order valence-corrected chi connectivity index (χ4v) is 2.73. The maximum Gasteiger partial charge on any atom is 0.329 e. The number of hydrogen-bond acceptors (Lipinski definition) is 2. The molecule has 0 aliphatic heterocycles. The van der Waals surface area contributed by atoms with Gasteiger partial charge >= 0.3 is 5.69 Å². The summed E-state index contributed by atoms with van der Waals surface area (Å²) in [4.78, 5) is 27.1. The van der Waals surface area contributed by atoms with Crippen LogP contribution < -0.4 is 11.2 Å². The van der Waals surface area contributed by atoms with Crippen LogP contribution in [0.15, 0.2) is 39.9 Å². The fourth-order valence-electron chi connectivity index (χ4n) is 2.47. The number of hydrogen-bond donors (Lipinski definition) is 1. The predicted octanol–water partition coefficient (Wildman–Crippen LogP) is 2.95. The highest BCUT2D eigenvalue weighted by Gasteiger charge is 2.16. The van der Waals surface area contributed by atoms with Gasteiger partial charge in [-0.1, -0.05) is 55.3 Å². The molecule has 0 bridgehead atoms. The highest BCUT2D eigenvalue weighted by Crippen LogP contribution is 2.13.